The van der Waals surface area contributed by atoms with Crippen molar-refractivity contribution in [1.82, 2.24) is 5.32 Å². The van der Waals surface area contributed by atoms with Gasteiger partial charge in [-0.25, -0.2) is 0 Å². The zero-order valence-electron chi connectivity index (χ0n) is 13.6. The number of hydrogen-bond acceptors (Lipinski definition) is 3. The third-order valence-corrected chi connectivity index (χ3v) is 3.89. The van der Waals surface area contributed by atoms with Crippen LogP contribution in [-0.4, -0.2) is 7.11 Å². The molecule has 0 aliphatic carbocycles. The predicted octanol–water partition coefficient (Wildman–Crippen LogP) is 4.29. The van der Waals surface area contributed by atoms with Crippen molar-refractivity contribution in [1.29, 1.82) is 5.26 Å². The summed E-state index contributed by atoms with van der Waals surface area (Å²) < 4.78 is 5.46. The van der Waals surface area contributed by atoms with Crippen molar-refractivity contribution in [3.63, 3.8) is 0 Å². The molecule has 2 rings (SSSR count). The van der Waals surface area contributed by atoms with Gasteiger partial charge < -0.3 is 10.1 Å². The molecule has 0 radical (unpaired) electrons. The van der Waals surface area contributed by atoms with Gasteiger partial charge in [-0.2, -0.15) is 5.26 Å². The van der Waals surface area contributed by atoms with Gasteiger partial charge in [0, 0.05) is 17.6 Å². The van der Waals surface area contributed by atoms with Crippen LogP contribution in [-0.2, 0) is 0 Å². The molecule has 0 saturated heterocycles. The second-order valence-corrected chi connectivity index (χ2v) is 5.59. The quantitative estimate of drug-likeness (QED) is 0.895. The molecule has 2 aromatic carbocycles. The smallest absolute Gasteiger partial charge is 0.123 e. The summed E-state index contributed by atoms with van der Waals surface area (Å²) in [6, 6.07) is 16.4. The topological polar surface area (TPSA) is 45.0 Å². The Labute approximate surface area is 132 Å². The highest BCUT2D eigenvalue weighted by atomic mass is 16.5. The van der Waals surface area contributed by atoms with Crippen LogP contribution in [0.2, 0.25) is 0 Å². The summed E-state index contributed by atoms with van der Waals surface area (Å²) in [6.45, 7) is 6.34. The maximum absolute atomic E-state index is 8.87. The molecule has 0 heterocycles. The minimum atomic E-state index is 0.167. The molecule has 3 heteroatoms. The third kappa shape index (κ3) is 3.66. The Kier molecular flexibility index (Phi) is 5.19. The van der Waals surface area contributed by atoms with E-state index in [1.165, 1.54) is 5.56 Å². The Morgan fingerprint density at radius 1 is 1.05 bits per heavy atom. The second kappa shape index (κ2) is 7.11. The van der Waals surface area contributed by atoms with E-state index >= 15 is 0 Å². The van der Waals surface area contributed by atoms with E-state index in [4.69, 9.17) is 10.00 Å². The van der Waals surface area contributed by atoms with Gasteiger partial charge in [-0.05, 0) is 44.5 Å². The third-order valence-electron chi connectivity index (χ3n) is 3.89. The van der Waals surface area contributed by atoms with E-state index in [1.54, 1.807) is 7.11 Å². The average molecular weight is 294 g/mol. The standard InChI is InChI=1S/C19H22N2O/c1-13-5-10-19(22-4)18(11-13)15(3)21-14(2)17-8-6-16(12-20)7-9-17/h5-11,14-15,21H,1-4H3. The number of ether oxygens (including phenoxy) is 1. The van der Waals surface area contributed by atoms with Gasteiger partial charge in [0.2, 0.25) is 0 Å². The molecule has 2 atom stereocenters. The van der Waals surface area contributed by atoms with Crippen LogP contribution in [0.3, 0.4) is 0 Å². The van der Waals surface area contributed by atoms with Gasteiger partial charge in [-0.1, -0.05) is 29.8 Å². The maximum atomic E-state index is 8.87. The van der Waals surface area contributed by atoms with E-state index in [2.05, 4.69) is 44.3 Å². The average Bonchev–Trinajstić information content (AvgIpc) is 2.54. The van der Waals surface area contributed by atoms with Crippen LogP contribution in [0, 0.1) is 18.3 Å². The lowest BCUT2D eigenvalue weighted by Gasteiger charge is -2.23. The van der Waals surface area contributed by atoms with E-state index in [0.717, 1.165) is 16.9 Å². The lowest BCUT2D eigenvalue weighted by Crippen LogP contribution is -2.23. The van der Waals surface area contributed by atoms with Crippen molar-refractivity contribution in [2.45, 2.75) is 32.9 Å². The molecule has 0 fully saturated rings. The molecule has 2 aromatic rings. The Morgan fingerprint density at radius 2 is 1.73 bits per heavy atom. The molecular formula is C19H22N2O. The summed E-state index contributed by atoms with van der Waals surface area (Å²) in [5.41, 5.74) is 4.22. The molecule has 0 bridgehead atoms. The van der Waals surface area contributed by atoms with Crippen molar-refractivity contribution in [2.24, 2.45) is 0 Å². The summed E-state index contributed by atoms with van der Waals surface area (Å²) in [4.78, 5) is 0. The van der Waals surface area contributed by atoms with Crippen LogP contribution < -0.4 is 10.1 Å². The molecule has 2 unspecified atom stereocenters. The summed E-state index contributed by atoms with van der Waals surface area (Å²) in [5.74, 6) is 0.901. The van der Waals surface area contributed by atoms with Crippen LogP contribution in [0.1, 0.15) is 48.2 Å². The fourth-order valence-corrected chi connectivity index (χ4v) is 2.60. The van der Waals surface area contributed by atoms with Crippen molar-refractivity contribution in [3.8, 4) is 11.8 Å². The first-order valence-corrected chi connectivity index (χ1v) is 7.45. The minimum Gasteiger partial charge on any atom is -0.496 e. The Bertz CT molecular complexity index is 671. The van der Waals surface area contributed by atoms with Gasteiger partial charge in [0.15, 0.2) is 0 Å². The first-order valence-electron chi connectivity index (χ1n) is 7.45. The maximum Gasteiger partial charge on any atom is 0.123 e. The zero-order valence-corrected chi connectivity index (χ0v) is 13.6. The summed E-state index contributed by atoms with van der Waals surface area (Å²) in [7, 11) is 1.70. The fraction of sp³-hybridized carbons (Fsp3) is 0.316. The molecule has 0 amide bonds. The number of aryl methyl sites for hydroxylation is 1. The molecule has 0 aliphatic rings. The normalized spacial score (nSPS) is 13.2. The molecule has 114 valence electrons. The monoisotopic (exact) mass is 294 g/mol. The number of benzene rings is 2. The van der Waals surface area contributed by atoms with Gasteiger partial charge in [-0.3, -0.25) is 0 Å². The summed E-state index contributed by atoms with van der Waals surface area (Å²) >= 11 is 0. The molecule has 3 nitrogen and oxygen atoms in total. The van der Waals surface area contributed by atoms with Crippen molar-refractivity contribution < 1.29 is 4.74 Å². The molecular weight excluding hydrogens is 272 g/mol. The molecule has 1 N–H and O–H groups in total. The molecule has 0 aliphatic heterocycles. The number of hydrogen-bond donors (Lipinski definition) is 1. The lowest BCUT2D eigenvalue weighted by molar-refractivity contribution is 0.396. The van der Waals surface area contributed by atoms with Crippen LogP contribution in [0.15, 0.2) is 42.5 Å². The van der Waals surface area contributed by atoms with Gasteiger partial charge >= 0.3 is 0 Å². The van der Waals surface area contributed by atoms with Gasteiger partial charge in [0.1, 0.15) is 5.75 Å². The van der Waals surface area contributed by atoms with Gasteiger partial charge in [0.05, 0.1) is 18.7 Å². The lowest BCUT2D eigenvalue weighted by atomic mass is 10.0. The summed E-state index contributed by atoms with van der Waals surface area (Å²) in [6.07, 6.45) is 0. The highest BCUT2D eigenvalue weighted by Gasteiger charge is 2.15. The molecule has 0 saturated carbocycles. The van der Waals surface area contributed by atoms with E-state index in [1.807, 2.05) is 30.3 Å². The van der Waals surface area contributed by atoms with Crippen LogP contribution in [0.4, 0.5) is 0 Å². The minimum absolute atomic E-state index is 0.167. The SMILES string of the molecule is COc1ccc(C)cc1C(C)NC(C)c1ccc(C#N)cc1. The van der Waals surface area contributed by atoms with E-state index < -0.39 is 0 Å². The molecule has 0 spiro atoms. The second-order valence-electron chi connectivity index (χ2n) is 5.59. The first-order chi connectivity index (χ1) is 10.5. The first kappa shape index (κ1) is 16.1. The highest BCUT2D eigenvalue weighted by molar-refractivity contribution is 5.39. The highest BCUT2D eigenvalue weighted by Crippen LogP contribution is 2.28. The Hall–Kier alpha value is -2.31. The summed E-state index contributed by atoms with van der Waals surface area (Å²) in [5, 5.41) is 12.5. The fourth-order valence-electron chi connectivity index (χ4n) is 2.60. The van der Waals surface area contributed by atoms with Crippen molar-refractivity contribution in [3.05, 3.63) is 64.7 Å². The number of nitrogens with zero attached hydrogens (tertiary/aromatic N) is 1. The largest absolute Gasteiger partial charge is 0.496 e. The predicted molar refractivity (Wildman–Crippen MR) is 88.9 cm³/mol. The molecule has 0 aromatic heterocycles. The van der Waals surface area contributed by atoms with Crippen LogP contribution in [0.5, 0.6) is 5.75 Å². The Balaban J connectivity index is 2.15. The van der Waals surface area contributed by atoms with E-state index in [9.17, 15) is 0 Å². The van der Waals surface area contributed by atoms with E-state index in [-0.39, 0.29) is 12.1 Å². The number of methoxy groups -OCH3 is 1. The van der Waals surface area contributed by atoms with Gasteiger partial charge in [-0.15, -0.1) is 0 Å². The number of rotatable bonds is 5. The Morgan fingerprint density at radius 3 is 2.32 bits per heavy atom. The van der Waals surface area contributed by atoms with Crippen LogP contribution in [0.25, 0.3) is 0 Å². The van der Waals surface area contributed by atoms with Crippen molar-refractivity contribution in [2.75, 3.05) is 7.11 Å². The van der Waals surface area contributed by atoms with Gasteiger partial charge in [0.25, 0.3) is 0 Å². The molecule has 22 heavy (non-hydrogen) atoms. The van der Waals surface area contributed by atoms with Crippen molar-refractivity contribution >= 4 is 0 Å². The van der Waals surface area contributed by atoms with Crippen LogP contribution >= 0.6 is 0 Å². The zero-order chi connectivity index (χ0) is 16.1. The van der Waals surface area contributed by atoms with E-state index in [0.29, 0.717) is 5.56 Å². The number of nitriles is 1. The number of nitrogens with one attached hydrogen (secondary N) is 1.